The summed E-state index contributed by atoms with van der Waals surface area (Å²) in [5.74, 6) is 0.929. The molecular formula is C20H25Cl2N3OS. The van der Waals surface area contributed by atoms with Gasteiger partial charge in [-0.1, -0.05) is 42.5 Å². The molecule has 7 heteroatoms. The molecule has 146 valence electrons. The Hall–Kier alpha value is -1.63. The van der Waals surface area contributed by atoms with Crippen molar-refractivity contribution < 1.29 is 4.74 Å². The van der Waals surface area contributed by atoms with E-state index in [1.165, 1.54) is 16.0 Å². The first kappa shape index (κ1) is 23.4. The van der Waals surface area contributed by atoms with E-state index in [9.17, 15) is 0 Å². The predicted molar refractivity (Wildman–Crippen MR) is 118 cm³/mol. The zero-order chi connectivity index (χ0) is 17.5. The van der Waals surface area contributed by atoms with Crippen LogP contribution in [0.3, 0.4) is 0 Å². The number of likely N-dealkylation sites (N-methyl/N-ethyl adjacent to an activating group) is 1. The molecule has 2 N–H and O–H groups in total. The van der Waals surface area contributed by atoms with E-state index in [-0.39, 0.29) is 24.8 Å². The maximum Gasteiger partial charge on any atom is 0.124 e. The highest BCUT2D eigenvalue weighted by atomic mass is 35.5. The Labute approximate surface area is 177 Å². The first-order chi connectivity index (χ1) is 12.3. The van der Waals surface area contributed by atoms with Gasteiger partial charge in [0.25, 0.3) is 0 Å². The lowest BCUT2D eigenvalue weighted by atomic mass is 10.1. The van der Waals surface area contributed by atoms with Crippen molar-refractivity contribution >= 4 is 36.2 Å². The summed E-state index contributed by atoms with van der Waals surface area (Å²) < 4.78 is 6.07. The van der Waals surface area contributed by atoms with E-state index in [1.54, 1.807) is 11.3 Å². The van der Waals surface area contributed by atoms with Crippen molar-refractivity contribution in [2.24, 2.45) is 5.73 Å². The van der Waals surface area contributed by atoms with Crippen LogP contribution < -0.4 is 10.5 Å². The van der Waals surface area contributed by atoms with Crippen LogP contribution in [-0.2, 0) is 13.2 Å². The minimum absolute atomic E-state index is 0. The van der Waals surface area contributed by atoms with Crippen molar-refractivity contribution in [1.29, 1.82) is 0 Å². The Morgan fingerprint density at radius 1 is 1.07 bits per heavy atom. The molecule has 0 aliphatic carbocycles. The normalized spacial score (nSPS) is 10.2. The number of halogens is 2. The first-order valence-corrected chi connectivity index (χ1v) is 9.21. The molecule has 1 heterocycles. The number of aromatic nitrogens is 1. The topological polar surface area (TPSA) is 51.4 Å². The minimum atomic E-state index is 0. The van der Waals surface area contributed by atoms with Gasteiger partial charge >= 0.3 is 0 Å². The maximum atomic E-state index is 6.07. The number of ether oxygens (including phenoxy) is 1. The van der Waals surface area contributed by atoms with Crippen LogP contribution in [-0.4, -0.2) is 30.0 Å². The molecular weight excluding hydrogens is 401 g/mol. The number of rotatable bonds is 8. The number of nitrogens with zero attached hydrogens (tertiary/aromatic N) is 2. The molecule has 0 bridgehead atoms. The van der Waals surface area contributed by atoms with Gasteiger partial charge in [-0.3, -0.25) is 4.98 Å². The average molecular weight is 426 g/mol. The standard InChI is InChI=1S/C20H23N3OS.2ClH/c1-23(11-10-21)13-18-4-2-3-5-19(18)24-14-16-6-8-17(9-7-16)20-12-22-15-25-20;;/h2-9,12,15H,10-11,13-14,21H2,1H3;2*1H. The van der Waals surface area contributed by atoms with E-state index in [1.807, 2.05) is 29.9 Å². The number of nitrogens with two attached hydrogens (primary N) is 1. The van der Waals surface area contributed by atoms with Crippen LogP contribution in [0.2, 0.25) is 0 Å². The van der Waals surface area contributed by atoms with E-state index >= 15 is 0 Å². The van der Waals surface area contributed by atoms with Crippen LogP contribution >= 0.6 is 36.2 Å². The highest BCUT2D eigenvalue weighted by molar-refractivity contribution is 7.13. The number of benzene rings is 2. The van der Waals surface area contributed by atoms with Gasteiger partial charge in [0.15, 0.2) is 0 Å². The Morgan fingerprint density at radius 3 is 2.48 bits per heavy atom. The fourth-order valence-corrected chi connectivity index (χ4v) is 3.28. The first-order valence-electron chi connectivity index (χ1n) is 8.33. The Kier molecular flexibility index (Phi) is 10.4. The Morgan fingerprint density at radius 2 is 1.81 bits per heavy atom. The van der Waals surface area contributed by atoms with Crippen molar-refractivity contribution in [3.05, 3.63) is 71.4 Å². The minimum Gasteiger partial charge on any atom is -0.489 e. The molecule has 0 radical (unpaired) electrons. The maximum absolute atomic E-state index is 6.07. The fraction of sp³-hybridized carbons (Fsp3) is 0.250. The summed E-state index contributed by atoms with van der Waals surface area (Å²) in [5, 5.41) is 0. The van der Waals surface area contributed by atoms with Crippen molar-refractivity contribution in [2.45, 2.75) is 13.2 Å². The number of para-hydroxylation sites is 1. The van der Waals surface area contributed by atoms with Gasteiger partial charge in [0.05, 0.1) is 10.4 Å². The molecule has 3 aromatic rings. The summed E-state index contributed by atoms with van der Waals surface area (Å²) in [6.07, 6.45) is 1.89. The van der Waals surface area contributed by atoms with Gasteiger partial charge in [-0.05, 0) is 24.2 Å². The van der Waals surface area contributed by atoms with Gasteiger partial charge in [-0.15, -0.1) is 36.2 Å². The largest absolute Gasteiger partial charge is 0.489 e. The summed E-state index contributed by atoms with van der Waals surface area (Å²) in [7, 11) is 2.07. The lowest BCUT2D eigenvalue weighted by Crippen LogP contribution is -2.25. The van der Waals surface area contributed by atoms with Crippen molar-refractivity contribution in [1.82, 2.24) is 9.88 Å². The fourth-order valence-electron chi connectivity index (χ4n) is 2.65. The summed E-state index contributed by atoms with van der Waals surface area (Å²) >= 11 is 1.65. The second-order valence-corrected chi connectivity index (χ2v) is 6.87. The molecule has 0 fully saturated rings. The molecule has 0 saturated carbocycles. The molecule has 2 aromatic carbocycles. The average Bonchev–Trinajstić information content (AvgIpc) is 3.16. The van der Waals surface area contributed by atoms with Crippen LogP contribution in [0.5, 0.6) is 5.75 Å². The molecule has 27 heavy (non-hydrogen) atoms. The van der Waals surface area contributed by atoms with E-state index in [2.05, 4.69) is 47.3 Å². The van der Waals surface area contributed by atoms with E-state index in [0.717, 1.165) is 24.4 Å². The second kappa shape index (κ2) is 12.0. The van der Waals surface area contributed by atoms with Crippen LogP contribution in [0.1, 0.15) is 11.1 Å². The van der Waals surface area contributed by atoms with E-state index < -0.39 is 0 Å². The third-order valence-electron chi connectivity index (χ3n) is 3.99. The highest BCUT2D eigenvalue weighted by Crippen LogP contribution is 2.24. The van der Waals surface area contributed by atoms with E-state index in [0.29, 0.717) is 13.2 Å². The molecule has 0 spiro atoms. The van der Waals surface area contributed by atoms with Gasteiger partial charge in [-0.25, -0.2) is 0 Å². The van der Waals surface area contributed by atoms with Gasteiger partial charge in [0, 0.05) is 31.4 Å². The summed E-state index contributed by atoms with van der Waals surface area (Å²) in [6, 6.07) is 16.6. The van der Waals surface area contributed by atoms with Gasteiger partial charge in [0.1, 0.15) is 12.4 Å². The highest BCUT2D eigenvalue weighted by Gasteiger charge is 2.07. The quantitative estimate of drug-likeness (QED) is 0.571. The number of hydrogen-bond donors (Lipinski definition) is 1. The van der Waals surface area contributed by atoms with Crippen LogP contribution in [0, 0.1) is 0 Å². The third-order valence-corrected chi connectivity index (χ3v) is 4.81. The molecule has 1 aromatic heterocycles. The predicted octanol–water partition coefficient (Wildman–Crippen LogP) is 4.62. The smallest absolute Gasteiger partial charge is 0.124 e. The zero-order valence-corrected chi connectivity index (χ0v) is 17.7. The van der Waals surface area contributed by atoms with Crippen molar-refractivity contribution in [3.63, 3.8) is 0 Å². The Balaban J connectivity index is 0.00000182. The molecule has 0 unspecified atom stereocenters. The molecule has 3 rings (SSSR count). The van der Waals surface area contributed by atoms with Gasteiger partial charge in [-0.2, -0.15) is 0 Å². The van der Waals surface area contributed by atoms with Crippen LogP contribution in [0.4, 0.5) is 0 Å². The van der Waals surface area contributed by atoms with Crippen molar-refractivity contribution in [2.75, 3.05) is 20.1 Å². The SMILES string of the molecule is CN(CCN)Cc1ccccc1OCc1ccc(-c2cncs2)cc1.Cl.Cl. The van der Waals surface area contributed by atoms with Crippen LogP contribution in [0.25, 0.3) is 10.4 Å². The molecule has 0 aliphatic rings. The van der Waals surface area contributed by atoms with Crippen LogP contribution in [0.15, 0.2) is 60.2 Å². The van der Waals surface area contributed by atoms with Gasteiger partial charge < -0.3 is 15.4 Å². The summed E-state index contributed by atoms with van der Waals surface area (Å²) in [6.45, 7) is 2.91. The number of thiazole rings is 1. The van der Waals surface area contributed by atoms with Gasteiger partial charge in [0.2, 0.25) is 0 Å². The van der Waals surface area contributed by atoms with E-state index in [4.69, 9.17) is 10.5 Å². The molecule has 0 atom stereocenters. The second-order valence-electron chi connectivity index (χ2n) is 5.99. The van der Waals surface area contributed by atoms with Crippen molar-refractivity contribution in [3.8, 4) is 16.2 Å². The summed E-state index contributed by atoms with van der Waals surface area (Å²) in [4.78, 5) is 7.51. The molecule has 4 nitrogen and oxygen atoms in total. The summed E-state index contributed by atoms with van der Waals surface area (Å²) in [5.41, 5.74) is 11.0. The number of hydrogen-bond acceptors (Lipinski definition) is 5. The Bertz CT molecular complexity index is 782. The lowest BCUT2D eigenvalue weighted by molar-refractivity contribution is 0.287. The zero-order valence-electron chi connectivity index (χ0n) is 15.2. The molecule has 0 amide bonds. The molecule has 0 saturated heterocycles. The monoisotopic (exact) mass is 425 g/mol. The third kappa shape index (κ3) is 6.79. The lowest BCUT2D eigenvalue weighted by Gasteiger charge is -2.18. The molecule has 0 aliphatic heterocycles.